The van der Waals surface area contributed by atoms with Crippen LogP contribution in [0.2, 0.25) is 0 Å². The molecular weight excluding hydrogens is 404 g/mol. The summed E-state index contributed by atoms with van der Waals surface area (Å²) in [7, 11) is 0. The SMILES string of the molecule is CC(C)(C)OC(=O)NCCCNc1cccc2c1C(=O)N(C1CCC(=O)NC1=O)C2=O. The number of benzene rings is 1. The van der Waals surface area contributed by atoms with Crippen molar-refractivity contribution >= 4 is 35.4 Å². The first-order valence-corrected chi connectivity index (χ1v) is 10.1. The normalized spacial score (nSPS) is 18.5. The van der Waals surface area contributed by atoms with Crippen molar-refractivity contribution in [1.82, 2.24) is 15.5 Å². The molecule has 1 unspecified atom stereocenters. The molecule has 2 aliphatic rings. The molecule has 166 valence electrons. The van der Waals surface area contributed by atoms with Gasteiger partial charge in [0.15, 0.2) is 0 Å². The number of carbonyl (C=O) groups is 5. The highest BCUT2D eigenvalue weighted by Crippen LogP contribution is 2.32. The molecule has 0 aliphatic carbocycles. The van der Waals surface area contributed by atoms with Gasteiger partial charge in [0, 0.05) is 25.2 Å². The Bertz CT molecular complexity index is 936. The quantitative estimate of drug-likeness (QED) is 0.459. The van der Waals surface area contributed by atoms with E-state index >= 15 is 0 Å². The third-order valence-electron chi connectivity index (χ3n) is 4.81. The molecule has 1 saturated heterocycles. The number of fused-ring (bicyclic) bond motifs is 1. The average Bonchev–Trinajstić information content (AvgIpc) is 2.92. The summed E-state index contributed by atoms with van der Waals surface area (Å²) in [5, 5.41) is 7.94. The minimum atomic E-state index is -1.00. The predicted molar refractivity (Wildman–Crippen MR) is 110 cm³/mol. The van der Waals surface area contributed by atoms with Crippen molar-refractivity contribution in [2.45, 2.75) is 51.7 Å². The van der Waals surface area contributed by atoms with Crippen LogP contribution in [0.5, 0.6) is 0 Å². The van der Waals surface area contributed by atoms with Gasteiger partial charge < -0.3 is 15.4 Å². The fourth-order valence-corrected chi connectivity index (χ4v) is 3.48. The summed E-state index contributed by atoms with van der Waals surface area (Å²) >= 11 is 0. The minimum Gasteiger partial charge on any atom is -0.444 e. The van der Waals surface area contributed by atoms with Crippen molar-refractivity contribution in [2.24, 2.45) is 0 Å². The Hall–Kier alpha value is -3.43. The fraction of sp³-hybridized carbons (Fsp3) is 0.476. The van der Waals surface area contributed by atoms with Crippen LogP contribution >= 0.6 is 0 Å². The number of ether oxygens (including phenoxy) is 1. The number of imide groups is 2. The highest BCUT2D eigenvalue weighted by molar-refractivity contribution is 6.25. The molecule has 2 aliphatic heterocycles. The van der Waals surface area contributed by atoms with E-state index in [0.717, 1.165) is 4.90 Å². The van der Waals surface area contributed by atoms with Crippen molar-refractivity contribution in [3.63, 3.8) is 0 Å². The van der Waals surface area contributed by atoms with Crippen LogP contribution in [0.15, 0.2) is 18.2 Å². The average molecular weight is 430 g/mol. The lowest BCUT2D eigenvalue weighted by atomic mass is 10.0. The standard InChI is InChI=1S/C21H26N4O6/c1-21(2,3)31-20(30)23-11-5-10-22-13-7-4-6-12-16(13)19(29)25(18(12)28)14-8-9-15(26)24-17(14)27/h4,6-7,14,22H,5,8-11H2,1-3H3,(H,23,30)(H,24,26,27). The Morgan fingerprint density at radius 1 is 1.16 bits per heavy atom. The number of carbonyl (C=O) groups excluding carboxylic acids is 5. The van der Waals surface area contributed by atoms with Crippen LogP contribution in [0.25, 0.3) is 0 Å². The van der Waals surface area contributed by atoms with Gasteiger partial charge in [0.25, 0.3) is 11.8 Å². The van der Waals surface area contributed by atoms with E-state index in [4.69, 9.17) is 4.74 Å². The molecular formula is C21H26N4O6. The maximum atomic E-state index is 13.0. The molecule has 3 rings (SSSR count). The van der Waals surface area contributed by atoms with Gasteiger partial charge in [0.2, 0.25) is 11.8 Å². The Morgan fingerprint density at radius 2 is 1.90 bits per heavy atom. The van der Waals surface area contributed by atoms with Gasteiger partial charge in [-0.15, -0.1) is 0 Å². The molecule has 1 aromatic carbocycles. The molecule has 3 N–H and O–H groups in total. The highest BCUT2D eigenvalue weighted by atomic mass is 16.6. The molecule has 2 heterocycles. The van der Waals surface area contributed by atoms with E-state index in [2.05, 4.69) is 16.0 Å². The largest absolute Gasteiger partial charge is 0.444 e. The lowest BCUT2D eigenvalue weighted by Gasteiger charge is -2.27. The van der Waals surface area contributed by atoms with Crippen LogP contribution in [-0.4, -0.2) is 59.4 Å². The smallest absolute Gasteiger partial charge is 0.407 e. The highest BCUT2D eigenvalue weighted by Gasteiger charge is 2.45. The number of hydrogen-bond donors (Lipinski definition) is 3. The molecule has 0 spiro atoms. The summed E-state index contributed by atoms with van der Waals surface area (Å²) in [6.45, 7) is 6.14. The van der Waals surface area contributed by atoms with Crippen molar-refractivity contribution in [2.75, 3.05) is 18.4 Å². The Kier molecular flexibility index (Phi) is 6.28. The molecule has 5 amide bonds. The molecule has 1 atom stereocenters. The Morgan fingerprint density at radius 3 is 2.58 bits per heavy atom. The molecule has 1 fully saturated rings. The van der Waals surface area contributed by atoms with E-state index in [1.165, 1.54) is 6.07 Å². The first kappa shape index (κ1) is 22.3. The summed E-state index contributed by atoms with van der Waals surface area (Å²) in [5.41, 5.74) is 0.320. The van der Waals surface area contributed by atoms with E-state index in [-0.39, 0.29) is 24.0 Å². The Labute approximate surface area is 179 Å². The second kappa shape index (κ2) is 8.75. The lowest BCUT2D eigenvalue weighted by molar-refractivity contribution is -0.136. The minimum absolute atomic E-state index is 0.0690. The summed E-state index contributed by atoms with van der Waals surface area (Å²) in [4.78, 5) is 61.9. The summed E-state index contributed by atoms with van der Waals surface area (Å²) in [6.07, 6.45) is 0.227. The molecule has 31 heavy (non-hydrogen) atoms. The summed E-state index contributed by atoms with van der Waals surface area (Å²) in [6, 6.07) is 3.87. The third-order valence-corrected chi connectivity index (χ3v) is 4.81. The number of nitrogens with one attached hydrogen (secondary N) is 3. The van der Waals surface area contributed by atoms with E-state index < -0.39 is 41.4 Å². The van der Waals surface area contributed by atoms with Crippen LogP contribution < -0.4 is 16.0 Å². The van der Waals surface area contributed by atoms with Gasteiger partial charge in [-0.3, -0.25) is 29.4 Å². The van der Waals surface area contributed by atoms with Crippen molar-refractivity contribution < 1.29 is 28.7 Å². The second-order valence-corrected chi connectivity index (χ2v) is 8.38. The van der Waals surface area contributed by atoms with E-state index in [9.17, 15) is 24.0 Å². The van der Waals surface area contributed by atoms with Crippen LogP contribution in [0, 0.1) is 0 Å². The number of alkyl carbamates (subject to hydrolysis) is 1. The lowest BCUT2D eigenvalue weighted by Crippen LogP contribution is -2.54. The van der Waals surface area contributed by atoms with Crippen LogP contribution in [-0.2, 0) is 14.3 Å². The van der Waals surface area contributed by atoms with Gasteiger partial charge in [-0.25, -0.2) is 4.79 Å². The van der Waals surface area contributed by atoms with Gasteiger partial charge in [-0.2, -0.15) is 0 Å². The number of nitrogens with zero attached hydrogens (tertiary/aromatic N) is 1. The van der Waals surface area contributed by atoms with Crippen LogP contribution in [0.3, 0.4) is 0 Å². The van der Waals surface area contributed by atoms with Gasteiger partial charge >= 0.3 is 6.09 Å². The predicted octanol–water partition coefficient (Wildman–Crippen LogP) is 1.41. The van der Waals surface area contributed by atoms with Gasteiger partial charge in [-0.1, -0.05) is 6.07 Å². The molecule has 0 saturated carbocycles. The van der Waals surface area contributed by atoms with Crippen LogP contribution in [0.1, 0.15) is 60.7 Å². The molecule has 10 nitrogen and oxygen atoms in total. The molecule has 1 aromatic rings. The van der Waals surface area contributed by atoms with Crippen molar-refractivity contribution in [1.29, 1.82) is 0 Å². The zero-order valence-corrected chi connectivity index (χ0v) is 17.7. The summed E-state index contributed by atoms with van der Waals surface area (Å²) in [5.74, 6) is -2.18. The number of anilines is 1. The number of hydrogen-bond acceptors (Lipinski definition) is 7. The third kappa shape index (κ3) is 5.01. The van der Waals surface area contributed by atoms with Gasteiger partial charge in [0.1, 0.15) is 11.6 Å². The molecule has 0 radical (unpaired) electrons. The van der Waals surface area contributed by atoms with Gasteiger partial charge in [0.05, 0.1) is 11.1 Å². The van der Waals surface area contributed by atoms with E-state index in [1.807, 2.05) is 0 Å². The molecule has 10 heteroatoms. The zero-order chi connectivity index (χ0) is 22.8. The van der Waals surface area contributed by atoms with E-state index in [0.29, 0.717) is 25.2 Å². The van der Waals surface area contributed by atoms with Crippen molar-refractivity contribution in [3.8, 4) is 0 Å². The van der Waals surface area contributed by atoms with Crippen LogP contribution in [0.4, 0.5) is 10.5 Å². The topological polar surface area (TPSA) is 134 Å². The van der Waals surface area contributed by atoms with Crippen molar-refractivity contribution in [3.05, 3.63) is 29.3 Å². The maximum absolute atomic E-state index is 13.0. The first-order valence-electron chi connectivity index (χ1n) is 10.1. The molecule has 0 bridgehead atoms. The Balaban J connectivity index is 1.61. The fourth-order valence-electron chi connectivity index (χ4n) is 3.48. The number of piperidine rings is 1. The molecule has 0 aromatic heterocycles. The van der Waals surface area contributed by atoms with Gasteiger partial charge in [-0.05, 0) is 45.7 Å². The monoisotopic (exact) mass is 430 g/mol. The summed E-state index contributed by atoms with van der Waals surface area (Å²) < 4.78 is 5.16. The number of rotatable bonds is 6. The number of amides is 5. The first-order chi connectivity index (χ1) is 14.6. The maximum Gasteiger partial charge on any atom is 0.407 e. The zero-order valence-electron chi connectivity index (χ0n) is 17.7. The second-order valence-electron chi connectivity index (χ2n) is 8.38. The van der Waals surface area contributed by atoms with E-state index in [1.54, 1.807) is 32.9 Å².